The van der Waals surface area contributed by atoms with Crippen LogP contribution >= 0.6 is 11.6 Å². The number of aliphatic imine (C=N–C) groups is 1. The molecule has 0 saturated carbocycles. The second-order valence-corrected chi connectivity index (χ2v) is 3.70. The summed E-state index contributed by atoms with van der Waals surface area (Å²) in [5.74, 6) is 0.933. The molecule has 0 saturated heterocycles. The normalized spacial score (nSPS) is 14.1. The van der Waals surface area contributed by atoms with E-state index in [4.69, 9.17) is 16.3 Å². The number of hydrogen-bond acceptors (Lipinski definition) is 2. The zero-order valence-corrected chi connectivity index (χ0v) is 9.29. The smallest absolute Gasteiger partial charge is 0.102 e. The lowest BCUT2D eigenvalue weighted by atomic mass is 10.1. The predicted octanol–water partition coefficient (Wildman–Crippen LogP) is 3.82. The van der Waals surface area contributed by atoms with Crippen molar-refractivity contribution in [3.8, 4) is 0 Å². The molecule has 1 aromatic rings. The van der Waals surface area contributed by atoms with Gasteiger partial charge in [-0.3, -0.25) is 4.99 Å². The van der Waals surface area contributed by atoms with Gasteiger partial charge in [0.2, 0.25) is 0 Å². The molecule has 0 fully saturated rings. The van der Waals surface area contributed by atoms with Gasteiger partial charge in [0.1, 0.15) is 5.76 Å². The fraction of sp³-hybridized carbons (Fsp3) is 0.250. The average molecular weight is 222 g/mol. The van der Waals surface area contributed by atoms with Crippen LogP contribution in [0.25, 0.3) is 6.08 Å². The van der Waals surface area contributed by atoms with Crippen LogP contribution in [0.5, 0.6) is 0 Å². The fourth-order valence-corrected chi connectivity index (χ4v) is 1.69. The van der Waals surface area contributed by atoms with Crippen molar-refractivity contribution in [1.29, 1.82) is 0 Å². The maximum absolute atomic E-state index is 5.93. The molecule has 2 nitrogen and oxygen atoms in total. The minimum absolute atomic E-state index is 0.676. The van der Waals surface area contributed by atoms with Crippen LogP contribution in [0.1, 0.15) is 18.9 Å². The van der Waals surface area contributed by atoms with Crippen LogP contribution in [0.4, 0.5) is 5.69 Å². The van der Waals surface area contributed by atoms with Gasteiger partial charge in [0.05, 0.1) is 12.3 Å². The number of benzene rings is 1. The summed E-state index contributed by atoms with van der Waals surface area (Å²) in [6.45, 7) is 2.65. The van der Waals surface area contributed by atoms with E-state index in [0.29, 0.717) is 6.61 Å². The monoisotopic (exact) mass is 221 g/mol. The molecular formula is C12H12ClNO. The van der Waals surface area contributed by atoms with Crippen LogP contribution in [0.2, 0.25) is 5.02 Å². The van der Waals surface area contributed by atoms with Gasteiger partial charge >= 0.3 is 0 Å². The van der Waals surface area contributed by atoms with E-state index >= 15 is 0 Å². The predicted molar refractivity (Wildman–Crippen MR) is 63.8 cm³/mol. The van der Waals surface area contributed by atoms with Crippen molar-refractivity contribution in [2.24, 2.45) is 4.99 Å². The van der Waals surface area contributed by atoms with Gasteiger partial charge in [-0.15, -0.1) is 0 Å². The molecule has 0 aliphatic carbocycles. The molecule has 1 aliphatic rings. The summed E-state index contributed by atoms with van der Waals surface area (Å²) in [5.41, 5.74) is 1.95. The van der Waals surface area contributed by atoms with Crippen molar-refractivity contribution in [3.05, 3.63) is 34.5 Å². The highest BCUT2D eigenvalue weighted by molar-refractivity contribution is 6.30. The van der Waals surface area contributed by atoms with Crippen LogP contribution in [-0.2, 0) is 4.74 Å². The van der Waals surface area contributed by atoms with Gasteiger partial charge in [-0.25, -0.2) is 0 Å². The van der Waals surface area contributed by atoms with Crippen molar-refractivity contribution in [2.75, 3.05) is 6.61 Å². The minimum Gasteiger partial charge on any atom is -0.498 e. The summed E-state index contributed by atoms with van der Waals surface area (Å²) in [7, 11) is 0. The molecular weight excluding hydrogens is 210 g/mol. The second-order valence-electron chi connectivity index (χ2n) is 3.26. The zero-order chi connectivity index (χ0) is 10.7. The Labute approximate surface area is 94.2 Å². The van der Waals surface area contributed by atoms with Gasteiger partial charge in [-0.2, -0.15) is 0 Å². The van der Waals surface area contributed by atoms with E-state index < -0.39 is 0 Å². The number of nitrogens with zero attached hydrogens (tertiary/aromatic N) is 1. The van der Waals surface area contributed by atoms with Crippen molar-refractivity contribution in [3.63, 3.8) is 0 Å². The Bertz CT molecular complexity index is 424. The molecule has 1 aromatic carbocycles. The molecule has 0 unspecified atom stereocenters. The largest absolute Gasteiger partial charge is 0.498 e. The third-order valence-electron chi connectivity index (χ3n) is 2.16. The Hall–Kier alpha value is -1.28. The molecule has 0 bridgehead atoms. The molecule has 1 heterocycles. The molecule has 3 heteroatoms. The lowest BCUT2D eigenvalue weighted by molar-refractivity contribution is 0.230. The van der Waals surface area contributed by atoms with Gasteiger partial charge in [0.25, 0.3) is 0 Å². The van der Waals surface area contributed by atoms with E-state index in [2.05, 4.69) is 4.99 Å². The quantitative estimate of drug-likeness (QED) is 0.744. The molecule has 0 aromatic heterocycles. The first-order valence-electron chi connectivity index (χ1n) is 4.95. The first-order valence-corrected chi connectivity index (χ1v) is 5.33. The van der Waals surface area contributed by atoms with E-state index in [-0.39, 0.29) is 0 Å². The van der Waals surface area contributed by atoms with Crippen molar-refractivity contribution < 1.29 is 4.74 Å². The summed E-state index contributed by atoms with van der Waals surface area (Å²) in [6.07, 6.45) is 4.60. The number of ether oxygens (including phenoxy) is 1. The topological polar surface area (TPSA) is 21.6 Å². The highest BCUT2D eigenvalue weighted by Crippen LogP contribution is 2.28. The molecule has 2 rings (SSSR count). The Morgan fingerprint density at radius 1 is 1.47 bits per heavy atom. The molecule has 0 atom stereocenters. The molecule has 0 N–H and O–H groups in total. The van der Waals surface area contributed by atoms with Crippen molar-refractivity contribution >= 4 is 29.6 Å². The molecule has 78 valence electrons. The van der Waals surface area contributed by atoms with Crippen LogP contribution in [0, 0.1) is 0 Å². The van der Waals surface area contributed by atoms with E-state index in [0.717, 1.165) is 28.5 Å². The SMILES string of the molecule is CCOC1=Cc2cc(Cl)ccc2N=CC1. The standard InChI is InChI=1S/C12H12ClNO/c1-2-15-11-5-6-14-12-4-3-10(13)7-9(12)8-11/h3-4,6-8H,2,5H2,1H3. The number of fused-ring (bicyclic) bond motifs is 1. The lowest BCUT2D eigenvalue weighted by Crippen LogP contribution is -1.91. The van der Waals surface area contributed by atoms with Gasteiger partial charge in [-0.05, 0) is 31.2 Å². The Morgan fingerprint density at radius 2 is 2.33 bits per heavy atom. The van der Waals surface area contributed by atoms with Crippen LogP contribution in [-0.4, -0.2) is 12.8 Å². The Morgan fingerprint density at radius 3 is 3.13 bits per heavy atom. The zero-order valence-electron chi connectivity index (χ0n) is 8.53. The summed E-state index contributed by atoms with van der Waals surface area (Å²) >= 11 is 5.93. The maximum Gasteiger partial charge on any atom is 0.102 e. The van der Waals surface area contributed by atoms with Crippen molar-refractivity contribution in [2.45, 2.75) is 13.3 Å². The summed E-state index contributed by atoms with van der Waals surface area (Å²) in [6, 6.07) is 5.66. The third-order valence-corrected chi connectivity index (χ3v) is 2.39. The number of halogens is 1. The van der Waals surface area contributed by atoms with Crippen LogP contribution in [0.15, 0.2) is 29.0 Å². The molecule has 0 radical (unpaired) electrons. The van der Waals surface area contributed by atoms with E-state index in [1.807, 2.05) is 37.4 Å². The van der Waals surface area contributed by atoms with Crippen molar-refractivity contribution in [1.82, 2.24) is 0 Å². The average Bonchev–Trinajstić information content (AvgIpc) is 2.39. The summed E-state index contributed by atoms with van der Waals surface area (Å²) in [5, 5.41) is 0.720. The Balaban J connectivity index is 2.41. The van der Waals surface area contributed by atoms with Gasteiger partial charge < -0.3 is 4.74 Å². The summed E-state index contributed by atoms with van der Waals surface area (Å²) < 4.78 is 5.49. The Kier molecular flexibility index (Phi) is 3.07. The third kappa shape index (κ3) is 2.39. The minimum atomic E-state index is 0.676. The highest BCUT2D eigenvalue weighted by atomic mass is 35.5. The number of allylic oxidation sites excluding steroid dienone is 1. The van der Waals surface area contributed by atoms with E-state index in [1.165, 1.54) is 0 Å². The fourth-order valence-electron chi connectivity index (χ4n) is 1.51. The summed E-state index contributed by atoms with van der Waals surface area (Å²) in [4.78, 5) is 4.34. The van der Waals surface area contributed by atoms with Gasteiger partial charge in [0.15, 0.2) is 0 Å². The van der Waals surface area contributed by atoms with Crippen LogP contribution in [0.3, 0.4) is 0 Å². The number of rotatable bonds is 2. The van der Waals surface area contributed by atoms with Gasteiger partial charge in [0, 0.05) is 23.2 Å². The molecule has 15 heavy (non-hydrogen) atoms. The highest BCUT2D eigenvalue weighted by Gasteiger charge is 2.06. The second kappa shape index (κ2) is 4.49. The van der Waals surface area contributed by atoms with E-state index in [9.17, 15) is 0 Å². The van der Waals surface area contributed by atoms with Crippen LogP contribution < -0.4 is 0 Å². The van der Waals surface area contributed by atoms with Gasteiger partial charge in [-0.1, -0.05) is 11.6 Å². The first-order chi connectivity index (χ1) is 7.29. The molecule has 0 spiro atoms. The lowest BCUT2D eigenvalue weighted by Gasteiger charge is -2.04. The first kappa shape index (κ1) is 10.2. The van der Waals surface area contributed by atoms with E-state index in [1.54, 1.807) is 0 Å². The maximum atomic E-state index is 5.93. The molecule has 1 aliphatic heterocycles. The molecule has 0 amide bonds. The number of hydrogen-bond donors (Lipinski definition) is 0.